The number of carboxylic acids is 1. The Bertz CT molecular complexity index is 719. The van der Waals surface area contributed by atoms with Crippen molar-refractivity contribution in [3.05, 3.63) is 29.6 Å². The number of benzene rings is 1. The second-order valence-corrected chi connectivity index (χ2v) is 6.78. The minimum absolute atomic E-state index is 0.00117. The van der Waals surface area contributed by atoms with E-state index in [2.05, 4.69) is 0 Å². The zero-order valence-corrected chi connectivity index (χ0v) is 12.6. The molecule has 22 heavy (non-hydrogen) atoms. The van der Waals surface area contributed by atoms with Crippen molar-refractivity contribution in [1.29, 1.82) is 0 Å². The molecule has 2 N–H and O–H groups in total. The van der Waals surface area contributed by atoms with Gasteiger partial charge < -0.3 is 10.0 Å². The number of hydrogen-bond donors (Lipinski definition) is 2. The maximum Gasteiger partial charge on any atom is 0.308 e. The lowest BCUT2D eigenvalue weighted by molar-refractivity contribution is -0.141. The lowest BCUT2D eigenvalue weighted by Gasteiger charge is -2.16. The average Bonchev–Trinajstić information content (AvgIpc) is 2.97. The average molecular weight is 330 g/mol. The summed E-state index contributed by atoms with van der Waals surface area (Å²) in [7, 11) is -2.88. The van der Waals surface area contributed by atoms with E-state index >= 15 is 0 Å². The number of aliphatic carboxylic acids is 1. The summed E-state index contributed by atoms with van der Waals surface area (Å²) in [5.74, 6) is -3.09. The molecule has 0 aromatic heterocycles. The van der Waals surface area contributed by atoms with Gasteiger partial charge in [0.05, 0.1) is 5.92 Å². The first kappa shape index (κ1) is 16.4. The van der Waals surface area contributed by atoms with Gasteiger partial charge in [-0.15, -0.1) is 0 Å². The summed E-state index contributed by atoms with van der Waals surface area (Å²) in [6.45, 7) is 0.320. The van der Waals surface area contributed by atoms with E-state index in [-0.39, 0.29) is 18.7 Å². The van der Waals surface area contributed by atoms with E-state index in [4.69, 9.17) is 5.11 Å². The van der Waals surface area contributed by atoms with Crippen LogP contribution in [0.25, 0.3) is 0 Å². The lowest BCUT2D eigenvalue weighted by Crippen LogP contribution is -2.30. The topological polar surface area (TPSA) is 104 Å². The SMILES string of the molecule is CNS(=O)(=O)c1cc(C(=O)N2CC[C@@H](C(=O)O)C2)ccc1F. The first-order chi connectivity index (χ1) is 10.3. The summed E-state index contributed by atoms with van der Waals surface area (Å²) in [4.78, 5) is 23.9. The molecule has 0 saturated carbocycles. The van der Waals surface area contributed by atoms with Crippen LogP contribution >= 0.6 is 0 Å². The number of nitrogens with one attached hydrogen (secondary N) is 1. The summed E-state index contributed by atoms with van der Waals surface area (Å²) in [6, 6.07) is 3.04. The minimum atomic E-state index is -4.02. The van der Waals surface area contributed by atoms with Crippen molar-refractivity contribution >= 4 is 21.9 Å². The maximum absolute atomic E-state index is 13.6. The molecule has 9 heteroatoms. The van der Waals surface area contributed by atoms with Gasteiger partial charge in [-0.1, -0.05) is 0 Å². The zero-order chi connectivity index (χ0) is 16.5. The van der Waals surface area contributed by atoms with Crippen LogP contribution in [0.5, 0.6) is 0 Å². The summed E-state index contributed by atoms with van der Waals surface area (Å²) in [5.41, 5.74) is 0.00117. The van der Waals surface area contributed by atoms with Crippen LogP contribution in [-0.2, 0) is 14.8 Å². The van der Waals surface area contributed by atoms with Gasteiger partial charge in [0.25, 0.3) is 5.91 Å². The number of halogens is 1. The van der Waals surface area contributed by atoms with Crippen molar-refractivity contribution in [2.24, 2.45) is 5.92 Å². The zero-order valence-electron chi connectivity index (χ0n) is 11.7. The molecule has 1 aromatic carbocycles. The van der Waals surface area contributed by atoms with Crippen LogP contribution in [-0.4, -0.2) is 50.4 Å². The van der Waals surface area contributed by atoms with E-state index in [1.807, 2.05) is 4.72 Å². The quantitative estimate of drug-likeness (QED) is 0.825. The predicted octanol–water partition coefficient (Wildman–Crippen LogP) is 0.281. The Kier molecular flexibility index (Phi) is 4.47. The van der Waals surface area contributed by atoms with Crippen LogP contribution < -0.4 is 4.72 Å². The normalized spacial score (nSPS) is 18.5. The Labute approximate surface area is 126 Å². The highest BCUT2D eigenvalue weighted by Gasteiger charge is 2.32. The van der Waals surface area contributed by atoms with E-state index in [0.717, 1.165) is 19.2 Å². The number of carboxylic acid groups (broad SMARTS) is 1. The second kappa shape index (κ2) is 6.01. The molecular formula is C13H15FN2O5S. The fraction of sp³-hybridized carbons (Fsp3) is 0.385. The molecule has 1 aliphatic heterocycles. The second-order valence-electron chi connectivity index (χ2n) is 4.93. The molecule has 0 radical (unpaired) electrons. The van der Waals surface area contributed by atoms with Gasteiger partial charge in [0.1, 0.15) is 10.7 Å². The molecule has 1 aliphatic rings. The van der Waals surface area contributed by atoms with Crippen molar-refractivity contribution in [2.75, 3.05) is 20.1 Å². The molecule has 2 rings (SSSR count). The minimum Gasteiger partial charge on any atom is -0.481 e. The maximum atomic E-state index is 13.6. The molecule has 1 fully saturated rings. The molecule has 0 unspecified atom stereocenters. The summed E-state index contributed by atoms with van der Waals surface area (Å²) in [6.07, 6.45) is 0.337. The van der Waals surface area contributed by atoms with Crippen molar-refractivity contribution in [3.63, 3.8) is 0 Å². The van der Waals surface area contributed by atoms with Gasteiger partial charge >= 0.3 is 5.97 Å². The van der Waals surface area contributed by atoms with Gasteiger partial charge in [0.2, 0.25) is 10.0 Å². The van der Waals surface area contributed by atoms with Crippen LogP contribution in [0.1, 0.15) is 16.8 Å². The Morgan fingerprint density at radius 1 is 1.41 bits per heavy atom. The third-order valence-corrected chi connectivity index (χ3v) is 4.99. The molecule has 0 aliphatic carbocycles. The Hall–Kier alpha value is -2.00. The van der Waals surface area contributed by atoms with E-state index in [0.29, 0.717) is 6.42 Å². The van der Waals surface area contributed by atoms with Gasteiger partial charge in [-0.3, -0.25) is 9.59 Å². The molecule has 1 amide bonds. The number of rotatable bonds is 4. The van der Waals surface area contributed by atoms with Gasteiger partial charge in [0.15, 0.2) is 0 Å². The summed E-state index contributed by atoms with van der Waals surface area (Å²) < 4.78 is 39.0. The monoisotopic (exact) mass is 330 g/mol. The fourth-order valence-corrected chi connectivity index (χ4v) is 3.11. The first-order valence-electron chi connectivity index (χ1n) is 6.51. The van der Waals surface area contributed by atoms with E-state index in [1.165, 1.54) is 11.0 Å². The molecule has 1 saturated heterocycles. The number of sulfonamides is 1. The molecule has 1 heterocycles. The molecular weight excluding hydrogens is 315 g/mol. The summed E-state index contributed by atoms with van der Waals surface area (Å²) in [5, 5.41) is 8.93. The van der Waals surface area contributed by atoms with Crippen LogP contribution in [0.3, 0.4) is 0 Å². The predicted molar refractivity (Wildman–Crippen MR) is 74.3 cm³/mol. The number of likely N-dealkylation sites (tertiary alicyclic amines) is 1. The fourth-order valence-electron chi connectivity index (χ4n) is 2.28. The highest BCUT2D eigenvalue weighted by Crippen LogP contribution is 2.21. The summed E-state index contributed by atoms with van der Waals surface area (Å²) >= 11 is 0. The largest absolute Gasteiger partial charge is 0.481 e. The molecule has 120 valence electrons. The standard InChI is InChI=1S/C13H15FN2O5S/c1-15-22(20,21)11-6-8(2-3-10(11)14)12(17)16-5-4-9(7-16)13(18)19/h2-3,6,9,15H,4-5,7H2,1H3,(H,18,19)/t9-/m1/s1. The van der Waals surface area contributed by atoms with Crippen LogP contribution in [0.15, 0.2) is 23.1 Å². The molecule has 7 nitrogen and oxygen atoms in total. The molecule has 0 spiro atoms. The van der Waals surface area contributed by atoms with Crippen LogP contribution in [0.2, 0.25) is 0 Å². The van der Waals surface area contributed by atoms with Crippen molar-refractivity contribution in [1.82, 2.24) is 9.62 Å². The number of amides is 1. The molecule has 1 aromatic rings. The number of nitrogens with zero attached hydrogens (tertiary/aromatic N) is 1. The van der Waals surface area contributed by atoms with Crippen LogP contribution in [0, 0.1) is 11.7 Å². The highest BCUT2D eigenvalue weighted by atomic mass is 32.2. The van der Waals surface area contributed by atoms with Gasteiger partial charge in [-0.25, -0.2) is 17.5 Å². The van der Waals surface area contributed by atoms with E-state index < -0.39 is 38.5 Å². The Balaban J connectivity index is 2.29. The molecule has 1 atom stereocenters. The first-order valence-corrected chi connectivity index (χ1v) is 7.99. The van der Waals surface area contributed by atoms with Crippen molar-refractivity contribution < 1.29 is 27.5 Å². The lowest BCUT2D eigenvalue weighted by atomic mass is 10.1. The smallest absolute Gasteiger partial charge is 0.308 e. The Morgan fingerprint density at radius 2 is 2.09 bits per heavy atom. The third-order valence-electron chi connectivity index (χ3n) is 3.56. The van der Waals surface area contributed by atoms with Gasteiger partial charge in [-0.2, -0.15) is 0 Å². The highest BCUT2D eigenvalue weighted by molar-refractivity contribution is 7.89. The number of carbonyl (C=O) groups is 2. The van der Waals surface area contributed by atoms with Gasteiger partial charge in [0, 0.05) is 18.7 Å². The van der Waals surface area contributed by atoms with E-state index in [1.54, 1.807) is 0 Å². The number of carbonyl (C=O) groups excluding carboxylic acids is 1. The molecule has 0 bridgehead atoms. The van der Waals surface area contributed by atoms with Crippen molar-refractivity contribution in [2.45, 2.75) is 11.3 Å². The number of hydrogen-bond acceptors (Lipinski definition) is 4. The third kappa shape index (κ3) is 3.09. The van der Waals surface area contributed by atoms with Gasteiger partial charge in [-0.05, 0) is 31.7 Å². The Morgan fingerprint density at radius 3 is 2.64 bits per heavy atom. The van der Waals surface area contributed by atoms with Crippen molar-refractivity contribution in [3.8, 4) is 0 Å². The van der Waals surface area contributed by atoms with Crippen LogP contribution in [0.4, 0.5) is 4.39 Å². The van der Waals surface area contributed by atoms with E-state index in [9.17, 15) is 22.4 Å².